The highest BCUT2D eigenvalue weighted by atomic mass is 15.6. The molecule has 1 heterocycles. The number of rotatable bonds is 2. The summed E-state index contributed by atoms with van der Waals surface area (Å²) < 4.78 is 0. The van der Waals surface area contributed by atoms with E-state index < -0.39 is 0 Å². The van der Waals surface area contributed by atoms with Gasteiger partial charge < -0.3 is 5.73 Å². The molecule has 0 fully saturated rings. The Hall–Kier alpha value is -1.91. The van der Waals surface area contributed by atoms with Crippen molar-refractivity contribution in [3.63, 3.8) is 0 Å². The molecule has 0 radical (unpaired) electrons. The standard InChI is InChI=1S/C9H11N5/c1-2-9-11-13-14(12-9)8-6-4-3-5-7(8)10/h3-6H,2,10H2,1H3. The van der Waals surface area contributed by atoms with Crippen molar-refractivity contribution < 1.29 is 0 Å². The van der Waals surface area contributed by atoms with Gasteiger partial charge in [0.1, 0.15) is 5.69 Å². The maximum atomic E-state index is 5.77. The van der Waals surface area contributed by atoms with E-state index in [1.54, 1.807) is 0 Å². The molecule has 0 atom stereocenters. The molecule has 14 heavy (non-hydrogen) atoms. The number of nitrogens with zero attached hydrogens (tertiary/aromatic N) is 4. The number of benzene rings is 1. The first-order valence-corrected chi connectivity index (χ1v) is 4.45. The van der Waals surface area contributed by atoms with Gasteiger partial charge in [-0.1, -0.05) is 19.1 Å². The van der Waals surface area contributed by atoms with Crippen LogP contribution >= 0.6 is 0 Å². The number of nitrogen functional groups attached to an aromatic ring is 1. The fourth-order valence-electron chi connectivity index (χ4n) is 1.16. The number of tetrazole rings is 1. The van der Waals surface area contributed by atoms with Crippen LogP contribution in [0.4, 0.5) is 5.69 Å². The second kappa shape index (κ2) is 3.45. The van der Waals surface area contributed by atoms with Gasteiger partial charge >= 0.3 is 0 Å². The summed E-state index contributed by atoms with van der Waals surface area (Å²) in [5, 5.41) is 12.0. The highest BCUT2D eigenvalue weighted by molar-refractivity contribution is 5.56. The third-order valence-corrected chi connectivity index (χ3v) is 1.92. The number of hydrogen-bond donors (Lipinski definition) is 1. The summed E-state index contributed by atoms with van der Waals surface area (Å²) in [6.45, 7) is 1.98. The Bertz CT molecular complexity index is 434. The summed E-state index contributed by atoms with van der Waals surface area (Å²) in [4.78, 5) is 1.45. The van der Waals surface area contributed by atoms with Crippen molar-refractivity contribution in [1.82, 2.24) is 20.2 Å². The van der Waals surface area contributed by atoms with Gasteiger partial charge in [0.15, 0.2) is 5.82 Å². The van der Waals surface area contributed by atoms with Gasteiger partial charge in [-0.25, -0.2) is 0 Å². The molecular weight excluding hydrogens is 178 g/mol. The van der Waals surface area contributed by atoms with Crippen molar-refractivity contribution in [2.75, 3.05) is 5.73 Å². The highest BCUT2D eigenvalue weighted by Gasteiger charge is 2.04. The number of aryl methyl sites for hydroxylation is 1. The molecule has 0 amide bonds. The molecule has 2 aromatic rings. The quantitative estimate of drug-likeness (QED) is 0.709. The summed E-state index contributed by atoms with van der Waals surface area (Å²) in [7, 11) is 0. The first-order valence-electron chi connectivity index (χ1n) is 4.45. The van der Waals surface area contributed by atoms with Gasteiger partial charge in [-0.05, 0) is 17.3 Å². The van der Waals surface area contributed by atoms with E-state index in [1.807, 2.05) is 31.2 Å². The minimum absolute atomic E-state index is 0.646. The van der Waals surface area contributed by atoms with Gasteiger partial charge in [-0.15, -0.1) is 15.0 Å². The molecule has 0 unspecified atom stereocenters. The smallest absolute Gasteiger partial charge is 0.174 e. The van der Waals surface area contributed by atoms with Crippen LogP contribution in [-0.4, -0.2) is 20.2 Å². The van der Waals surface area contributed by atoms with Crippen LogP contribution in [-0.2, 0) is 6.42 Å². The van der Waals surface area contributed by atoms with Crippen molar-refractivity contribution in [2.45, 2.75) is 13.3 Å². The molecule has 0 aliphatic carbocycles. The molecular formula is C9H11N5. The third-order valence-electron chi connectivity index (χ3n) is 1.92. The lowest BCUT2D eigenvalue weighted by molar-refractivity contribution is 0.719. The normalized spacial score (nSPS) is 10.4. The number of para-hydroxylation sites is 2. The van der Waals surface area contributed by atoms with Crippen molar-refractivity contribution in [1.29, 1.82) is 0 Å². The lowest BCUT2D eigenvalue weighted by atomic mass is 10.3. The van der Waals surface area contributed by atoms with Crippen molar-refractivity contribution in [2.24, 2.45) is 0 Å². The van der Waals surface area contributed by atoms with Crippen LogP contribution in [0.25, 0.3) is 5.69 Å². The van der Waals surface area contributed by atoms with Crippen LogP contribution in [0.5, 0.6) is 0 Å². The van der Waals surface area contributed by atoms with Crippen LogP contribution in [0.15, 0.2) is 24.3 Å². The lowest BCUT2D eigenvalue weighted by Gasteiger charge is -2.00. The van der Waals surface area contributed by atoms with Crippen LogP contribution < -0.4 is 5.73 Å². The molecule has 1 aromatic heterocycles. The van der Waals surface area contributed by atoms with Gasteiger partial charge in [-0.3, -0.25) is 0 Å². The zero-order valence-corrected chi connectivity index (χ0v) is 7.88. The van der Waals surface area contributed by atoms with E-state index in [1.165, 1.54) is 4.80 Å². The molecule has 0 saturated carbocycles. The minimum Gasteiger partial charge on any atom is -0.397 e. The van der Waals surface area contributed by atoms with Gasteiger partial charge in [0.2, 0.25) is 0 Å². The number of nitrogens with two attached hydrogens (primary N) is 1. The maximum Gasteiger partial charge on any atom is 0.174 e. The van der Waals surface area contributed by atoms with E-state index in [-0.39, 0.29) is 0 Å². The number of anilines is 1. The average molecular weight is 189 g/mol. The third kappa shape index (κ3) is 1.44. The lowest BCUT2D eigenvalue weighted by Crippen LogP contribution is -2.03. The minimum atomic E-state index is 0.646. The summed E-state index contributed by atoms with van der Waals surface area (Å²) in [5.41, 5.74) is 7.18. The molecule has 0 bridgehead atoms. The van der Waals surface area contributed by atoms with Gasteiger partial charge in [0.05, 0.1) is 5.69 Å². The first kappa shape index (κ1) is 8.68. The second-order valence-corrected chi connectivity index (χ2v) is 2.91. The van der Waals surface area contributed by atoms with E-state index in [0.717, 1.165) is 12.1 Å². The summed E-state index contributed by atoms with van der Waals surface area (Å²) in [6, 6.07) is 7.43. The van der Waals surface area contributed by atoms with Crippen LogP contribution in [0.1, 0.15) is 12.7 Å². The van der Waals surface area contributed by atoms with Gasteiger partial charge in [0, 0.05) is 6.42 Å². The molecule has 1 aromatic carbocycles. The molecule has 5 heteroatoms. The average Bonchev–Trinajstić information content (AvgIpc) is 2.67. The predicted molar refractivity (Wildman–Crippen MR) is 52.9 cm³/mol. The molecule has 2 N–H and O–H groups in total. The monoisotopic (exact) mass is 189 g/mol. The van der Waals surface area contributed by atoms with Gasteiger partial charge in [-0.2, -0.15) is 0 Å². The van der Waals surface area contributed by atoms with E-state index in [9.17, 15) is 0 Å². The number of hydrogen-bond acceptors (Lipinski definition) is 4. The molecule has 0 saturated heterocycles. The molecule has 5 nitrogen and oxygen atoms in total. The molecule has 72 valence electrons. The van der Waals surface area contributed by atoms with Crippen molar-refractivity contribution in [3.8, 4) is 5.69 Å². The summed E-state index contributed by atoms with van der Waals surface area (Å²) in [5.74, 6) is 0.716. The zero-order chi connectivity index (χ0) is 9.97. The van der Waals surface area contributed by atoms with Gasteiger partial charge in [0.25, 0.3) is 0 Å². The Balaban J connectivity index is 2.44. The maximum absolute atomic E-state index is 5.77. The molecule has 0 aliphatic rings. The topological polar surface area (TPSA) is 69.6 Å². The largest absolute Gasteiger partial charge is 0.397 e. The first-order chi connectivity index (χ1) is 6.81. The van der Waals surface area contributed by atoms with Crippen LogP contribution in [0, 0.1) is 0 Å². The SMILES string of the molecule is CCc1nnn(-c2ccccc2N)n1. The number of aromatic nitrogens is 4. The predicted octanol–water partition coefficient (Wildman–Crippen LogP) is 0.807. The van der Waals surface area contributed by atoms with E-state index >= 15 is 0 Å². The Morgan fingerprint density at radius 2 is 2.14 bits per heavy atom. The molecule has 0 aliphatic heterocycles. The van der Waals surface area contributed by atoms with Crippen molar-refractivity contribution >= 4 is 5.69 Å². The second-order valence-electron chi connectivity index (χ2n) is 2.91. The van der Waals surface area contributed by atoms with E-state index in [2.05, 4.69) is 15.4 Å². The van der Waals surface area contributed by atoms with Crippen LogP contribution in [0.2, 0.25) is 0 Å². The Labute approximate surface area is 81.5 Å². The fourth-order valence-corrected chi connectivity index (χ4v) is 1.16. The Kier molecular flexibility index (Phi) is 2.14. The Morgan fingerprint density at radius 3 is 2.79 bits per heavy atom. The van der Waals surface area contributed by atoms with E-state index in [4.69, 9.17) is 5.73 Å². The van der Waals surface area contributed by atoms with Crippen LogP contribution in [0.3, 0.4) is 0 Å². The Morgan fingerprint density at radius 1 is 1.36 bits per heavy atom. The highest BCUT2D eigenvalue weighted by Crippen LogP contribution is 2.13. The zero-order valence-electron chi connectivity index (χ0n) is 7.88. The molecule has 2 rings (SSSR count). The summed E-state index contributed by atoms with van der Waals surface area (Å²) in [6.07, 6.45) is 0.771. The molecule has 0 spiro atoms. The van der Waals surface area contributed by atoms with Crippen molar-refractivity contribution in [3.05, 3.63) is 30.1 Å². The summed E-state index contributed by atoms with van der Waals surface area (Å²) >= 11 is 0. The van der Waals surface area contributed by atoms with E-state index in [0.29, 0.717) is 11.5 Å². The fraction of sp³-hybridized carbons (Fsp3) is 0.222.